The van der Waals surface area contributed by atoms with E-state index in [1.165, 1.54) is 44.3 Å². The number of rotatable bonds is 7. The molecule has 0 bridgehead atoms. The van der Waals surface area contributed by atoms with Gasteiger partial charge in [0.25, 0.3) is 0 Å². The van der Waals surface area contributed by atoms with Crippen LogP contribution >= 0.6 is 0 Å². The standard InChI is InChI=1S/C32H42N4O/c1-31(2)19-32(3,37)18-24-27(31)30(28-22(14-16-33-4)20-10-6-8-12-25(20)35-28)36-26-13-9-7-11-21(26)23(29(24)36)15-17-34-5/h6-13,24,27,30,33-35,37H,14-19H2,1-5H3. The molecule has 2 aromatic carbocycles. The lowest BCUT2D eigenvalue weighted by atomic mass is 9.57. The van der Waals surface area contributed by atoms with Crippen molar-refractivity contribution in [3.8, 4) is 0 Å². The predicted molar refractivity (Wildman–Crippen MR) is 154 cm³/mol. The summed E-state index contributed by atoms with van der Waals surface area (Å²) in [4.78, 5) is 3.94. The third-order valence-electron chi connectivity index (χ3n) is 9.25. The Morgan fingerprint density at radius 2 is 1.57 bits per heavy atom. The van der Waals surface area contributed by atoms with Gasteiger partial charge in [0.2, 0.25) is 0 Å². The number of aromatic amines is 1. The van der Waals surface area contributed by atoms with E-state index in [9.17, 15) is 5.11 Å². The average Bonchev–Trinajstić information content (AvgIpc) is 3.48. The number of likely N-dealkylation sites (N-methyl/N-ethyl adjacent to an activating group) is 2. The first-order valence-corrected chi connectivity index (χ1v) is 14.0. The number of H-pyrrole nitrogens is 1. The second kappa shape index (κ2) is 9.00. The molecular weight excluding hydrogens is 456 g/mol. The highest BCUT2D eigenvalue weighted by Crippen LogP contribution is 2.63. The highest BCUT2D eigenvalue weighted by Gasteiger charge is 2.57. The predicted octanol–water partition coefficient (Wildman–Crippen LogP) is 5.52. The van der Waals surface area contributed by atoms with Crippen molar-refractivity contribution >= 4 is 21.8 Å². The van der Waals surface area contributed by atoms with Crippen molar-refractivity contribution in [1.29, 1.82) is 0 Å². The first-order chi connectivity index (χ1) is 17.8. The second-order valence-corrected chi connectivity index (χ2v) is 12.5. The fourth-order valence-electron chi connectivity index (χ4n) is 8.26. The van der Waals surface area contributed by atoms with E-state index >= 15 is 0 Å². The first kappa shape index (κ1) is 24.7. The molecule has 0 amide bonds. The maximum atomic E-state index is 11.5. The molecule has 5 nitrogen and oxygen atoms in total. The summed E-state index contributed by atoms with van der Waals surface area (Å²) in [6.45, 7) is 8.73. The van der Waals surface area contributed by atoms with E-state index in [4.69, 9.17) is 0 Å². The number of fused-ring (bicyclic) bond motifs is 6. The smallest absolute Gasteiger partial charge is 0.0780 e. The summed E-state index contributed by atoms with van der Waals surface area (Å²) in [5.74, 6) is 0.716. The van der Waals surface area contributed by atoms with Crippen LogP contribution in [0.4, 0.5) is 0 Å². The van der Waals surface area contributed by atoms with Gasteiger partial charge in [0, 0.05) is 39.1 Å². The van der Waals surface area contributed by atoms with Crippen molar-refractivity contribution in [2.24, 2.45) is 11.3 Å². The normalized spacial score (nSPS) is 26.6. The number of para-hydroxylation sites is 2. The van der Waals surface area contributed by atoms with Crippen LogP contribution in [0.25, 0.3) is 21.8 Å². The fourth-order valence-corrected chi connectivity index (χ4v) is 8.26. The quantitative estimate of drug-likeness (QED) is 0.271. The van der Waals surface area contributed by atoms with E-state index in [0.717, 1.165) is 38.8 Å². The van der Waals surface area contributed by atoms with Gasteiger partial charge in [-0.05, 0) is 94.4 Å². The summed E-state index contributed by atoms with van der Waals surface area (Å²) < 4.78 is 2.69. The summed E-state index contributed by atoms with van der Waals surface area (Å²) in [5, 5.41) is 21.0. The highest BCUT2D eigenvalue weighted by atomic mass is 16.3. The van der Waals surface area contributed by atoms with Gasteiger partial charge in [-0.2, -0.15) is 0 Å². The summed E-state index contributed by atoms with van der Waals surface area (Å²) in [6, 6.07) is 18.0. The van der Waals surface area contributed by atoms with Crippen LogP contribution in [0.3, 0.4) is 0 Å². The summed E-state index contributed by atoms with van der Waals surface area (Å²) in [6.07, 6.45) is 3.62. The molecule has 1 saturated carbocycles. The van der Waals surface area contributed by atoms with Gasteiger partial charge in [0.15, 0.2) is 0 Å². The largest absolute Gasteiger partial charge is 0.390 e. The van der Waals surface area contributed by atoms with Crippen LogP contribution in [-0.4, -0.2) is 47.4 Å². The number of aromatic nitrogens is 2. The molecule has 3 heterocycles. The number of benzene rings is 2. The number of nitrogens with zero attached hydrogens (tertiary/aromatic N) is 1. The van der Waals surface area contributed by atoms with Crippen molar-refractivity contribution in [3.63, 3.8) is 0 Å². The number of nitrogens with one attached hydrogen (secondary N) is 3. The molecule has 4 unspecified atom stereocenters. The lowest BCUT2D eigenvalue weighted by molar-refractivity contribution is -0.0641. The third-order valence-corrected chi connectivity index (χ3v) is 9.25. The first-order valence-electron chi connectivity index (χ1n) is 14.0. The molecule has 2 aliphatic rings. The van der Waals surface area contributed by atoms with Crippen molar-refractivity contribution in [2.45, 2.75) is 64.0 Å². The Bertz CT molecular complexity index is 1440. The van der Waals surface area contributed by atoms with Gasteiger partial charge in [-0.15, -0.1) is 0 Å². The molecule has 1 aliphatic carbocycles. The monoisotopic (exact) mass is 498 g/mol. The van der Waals surface area contributed by atoms with E-state index in [0.29, 0.717) is 11.8 Å². The van der Waals surface area contributed by atoms with E-state index in [-0.39, 0.29) is 11.5 Å². The Morgan fingerprint density at radius 3 is 2.30 bits per heavy atom. The zero-order valence-electron chi connectivity index (χ0n) is 23.0. The Hall–Kier alpha value is -2.60. The molecule has 0 saturated heterocycles. The Labute approximate surface area is 220 Å². The number of hydrogen-bond donors (Lipinski definition) is 4. The maximum absolute atomic E-state index is 11.5. The van der Waals surface area contributed by atoms with Crippen LogP contribution in [0.1, 0.15) is 68.1 Å². The summed E-state index contributed by atoms with van der Waals surface area (Å²) >= 11 is 0. The van der Waals surface area contributed by atoms with E-state index in [2.05, 4.69) is 89.5 Å². The molecule has 0 radical (unpaired) electrons. The minimum Gasteiger partial charge on any atom is -0.390 e. The van der Waals surface area contributed by atoms with Crippen LogP contribution in [0.2, 0.25) is 0 Å². The molecule has 4 aromatic rings. The average molecular weight is 499 g/mol. The van der Waals surface area contributed by atoms with E-state index < -0.39 is 5.60 Å². The lowest BCUT2D eigenvalue weighted by Crippen LogP contribution is -2.46. The highest BCUT2D eigenvalue weighted by molar-refractivity contribution is 5.88. The van der Waals surface area contributed by atoms with Gasteiger partial charge in [-0.25, -0.2) is 0 Å². The van der Waals surface area contributed by atoms with Crippen LogP contribution < -0.4 is 10.6 Å². The number of hydrogen-bond acceptors (Lipinski definition) is 3. The van der Waals surface area contributed by atoms with Gasteiger partial charge in [-0.3, -0.25) is 0 Å². The summed E-state index contributed by atoms with van der Waals surface area (Å²) in [7, 11) is 4.08. The van der Waals surface area contributed by atoms with Crippen LogP contribution in [0, 0.1) is 11.3 Å². The second-order valence-electron chi connectivity index (χ2n) is 12.5. The van der Waals surface area contributed by atoms with Crippen molar-refractivity contribution in [1.82, 2.24) is 20.2 Å². The molecule has 6 rings (SSSR count). The Kier molecular flexibility index (Phi) is 6.02. The van der Waals surface area contributed by atoms with E-state index in [1.807, 2.05) is 14.1 Å². The fraction of sp³-hybridized carbons (Fsp3) is 0.500. The van der Waals surface area contributed by atoms with Crippen LogP contribution in [-0.2, 0) is 12.8 Å². The molecule has 0 spiro atoms. The molecule has 1 fully saturated rings. The van der Waals surface area contributed by atoms with Gasteiger partial charge in [0.05, 0.1) is 11.6 Å². The molecule has 196 valence electrons. The Morgan fingerprint density at radius 1 is 0.919 bits per heavy atom. The molecule has 1 aliphatic heterocycles. The lowest BCUT2D eigenvalue weighted by Gasteiger charge is -2.49. The minimum atomic E-state index is -0.670. The molecule has 4 N–H and O–H groups in total. The SMILES string of the molecule is CNCCc1c(C2C3C(CC(C)(O)CC3(C)C)c3c(CCNC)c4ccccc4n32)[nH]c2ccccc12. The minimum absolute atomic E-state index is 0.0188. The zero-order valence-corrected chi connectivity index (χ0v) is 23.0. The summed E-state index contributed by atoms with van der Waals surface area (Å²) in [5.41, 5.74) is 7.58. The van der Waals surface area contributed by atoms with E-state index in [1.54, 1.807) is 0 Å². The number of aliphatic hydroxyl groups is 1. The molecule has 37 heavy (non-hydrogen) atoms. The molecule has 2 aromatic heterocycles. The molecular formula is C32H42N4O. The zero-order chi connectivity index (χ0) is 25.9. The van der Waals surface area contributed by atoms with Gasteiger partial charge < -0.3 is 25.3 Å². The van der Waals surface area contributed by atoms with Crippen LogP contribution in [0.5, 0.6) is 0 Å². The molecule has 4 atom stereocenters. The topological polar surface area (TPSA) is 65.0 Å². The third kappa shape index (κ3) is 3.86. The van der Waals surface area contributed by atoms with Gasteiger partial charge >= 0.3 is 0 Å². The Balaban J connectivity index is 1.66. The van der Waals surface area contributed by atoms with Crippen molar-refractivity contribution in [2.75, 3.05) is 27.2 Å². The van der Waals surface area contributed by atoms with Gasteiger partial charge in [-0.1, -0.05) is 50.2 Å². The van der Waals surface area contributed by atoms with Gasteiger partial charge in [0.1, 0.15) is 0 Å². The maximum Gasteiger partial charge on any atom is 0.0780 e. The van der Waals surface area contributed by atoms with Crippen molar-refractivity contribution in [3.05, 3.63) is 71.0 Å². The van der Waals surface area contributed by atoms with Crippen molar-refractivity contribution < 1.29 is 5.11 Å². The molecule has 5 heteroatoms. The van der Waals surface area contributed by atoms with Crippen LogP contribution in [0.15, 0.2) is 48.5 Å².